The molecule has 1 aromatic carbocycles. The van der Waals surface area contributed by atoms with Crippen molar-refractivity contribution in [3.8, 4) is 0 Å². The van der Waals surface area contributed by atoms with Crippen LogP contribution >= 0.6 is 0 Å². The molecule has 0 bridgehead atoms. The molecule has 0 fully saturated rings. The highest BCUT2D eigenvalue weighted by atomic mass is 32.2. The fourth-order valence-corrected chi connectivity index (χ4v) is 4.75. The van der Waals surface area contributed by atoms with E-state index in [9.17, 15) is 22.4 Å². The standard InChI is InChI=1S/C24H28FN3O5S/c1-4-17-14-19-21(22(26)30)20(13-16-8-10-18(25)11-9-16)33-24(19)27-23(17)28(34(3,31)32)12-6-5-7-15(2)29/h8-11,14H,4-7,12-13H2,1-3H3,(H2,26,30). The molecule has 8 nitrogen and oxygen atoms in total. The third-order valence-corrected chi connectivity index (χ3v) is 6.65. The van der Waals surface area contributed by atoms with Gasteiger partial charge < -0.3 is 14.9 Å². The van der Waals surface area contributed by atoms with Gasteiger partial charge in [0.15, 0.2) is 0 Å². The second-order valence-electron chi connectivity index (χ2n) is 8.24. The summed E-state index contributed by atoms with van der Waals surface area (Å²) in [6.07, 6.45) is 3.15. The van der Waals surface area contributed by atoms with Crippen LogP contribution in [0.4, 0.5) is 10.2 Å². The molecule has 2 N–H and O–H groups in total. The number of Topliss-reactive ketones (excluding diaryl/α,β-unsaturated/α-hetero) is 1. The first-order valence-electron chi connectivity index (χ1n) is 11.0. The molecular weight excluding hydrogens is 461 g/mol. The van der Waals surface area contributed by atoms with E-state index < -0.39 is 15.9 Å². The maximum atomic E-state index is 13.3. The SMILES string of the molecule is CCc1cc2c(C(N)=O)c(Cc3ccc(F)cc3)oc2nc1N(CCCCC(C)=O)S(C)(=O)=O. The number of benzene rings is 1. The van der Waals surface area contributed by atoms with Crippen molar-refractivity contribution < 1.29 is 26.8 Å². The van der Waals surface area contributed by atoms with Gasteiger partial charge in [0.05, 0.1) is 17.2 Å². The maximum Gasteiger partial charge on any atom is 0.252 e. The first-order valence-corrected chi connectivity index (χ1v) is 12.8. The number of halogens is 1. The zero-order valence-corrected chi connectivity index (χ0v) is 20.2. The van der Waals surface area contributed by atoms with Crippen molar-refractivity contribution in [1.29, 1.82) is 0 Å². The first kappa shape index (κ1) is 25.4. The highest BCUT2D eigenvalue weighted by Crippen LogP contribution is 2.32. The lowest BCUT2D eigenvalue weighted by molar-refractivity contribution is -0.117. The van der Waals surface area contributed by atoms with Gasteiger partial charge in [0.2, 0.25) is 15.7 Å². The van der Waals surface area contributed by atoms with Crippen LogP contribution in [-0.4, -0.2) is 37.9 Å². The summed E-state index contributed by atoms with van der Waals surface area (Å²) < 4.78 is 45.6. The number of anilines is 1. The number of carbonyl (C=O) groups excluding carboxylic acids is 2. The van der Waals surface area contributed by atoms with Gasteiger partial charge in [0.1, 0.15) is 23.2 Å². The number of fused-ring (bicyclic) bond motifs is 1. The van der Waals surface area contributed by atoms with Gasteiger partial charge in [-0.1, -0.05) is 19.1 Å². The smallest absolute Gasteiger partial charge is 0.252 e. The van der Waals surface area contributed by atoms with Crippen molar-refractivity contribution >= 4 is 38.6 Å². The Morgan fingerprint density at radius 3 is 2.41 bits per heavy atom. The van der Waals surface area contributed by atoms with Crippen LogP contribution in [0.5, 0.6) is 0 Å². The molecule has 182 valence electrons. The summed E-state index contributed by atoms with van der Waals surface area (Å²) in [4.78, 5) is 28.0. The molecule has 3 aromatic rings. The zero-order valence-electron chi connectivity index (χ0n) is 19.4. The van der Waals surface area contributed by atoms with Crippen LogP contribution < -0.4 is 10.0 Å². The van der Waals surface area contributed by atoms with Crippen LogP contribution in [0, 0.1) is 5.82 Å². The Bertz CT molecular complexity index is 1320. The minimum atomic E-state index is -3.68. The molecule has 0 aliphatic heterocycles. The number of ketones is 1. The van der Waals surface area contributed by atoms with E-state index >= 15 is 0 Å². The van der Waals surface area contributed by atoms with Crippen LogP contribution in [-0.2, 0) is 27.7 Å². The van der Waals surface area contributed by atoms with E-state index in [1.807, 2.05) is 6.92 Å². The summed E-state index contributed by atoms with van der Waals surface area (Å²) in [5.41, 5.74) is 7.23. The molecule has 0 saturated heterocycles. The van der Waals surface area contributed by atoms with E-state index in [0.717, 1.165) is 6.26 Å². The largest absolute Gasteiger partial charge is 0.441 e. The maximum absolute atomic E-state index is 13.3. The first-order chi connectivity index (χ1) is 16.0. The Balaban J connectivity index is 2.07. The molecule has 2 aromatic heterocycles. The number of nitrogens with zero attached hydrogens (tertiary/aromatic N) is 2. The number of rotatable bonds is 11. The third-order valence-electron chi connectivity index (χ3n) is 5.49. The van der Waals surface area contributed by atoms with Gasteiger partial charge in [-0.2, -0.15) is 4.98 Å². The summed E-state index contributed by atoms with van der Waals surface area (Å²) in [5.74, 6) is -0.544. The van der Waals surface area contributed by atoms with E-state index in [-0.39, 0.29) is 47.4 Å². The highest BCUT2D eigenvalue weighted by Gasteiger charge is 2.26. The fraction of sp³-hybridized carbons (Fsp3) is 0.375. The molecule has 0 spiro atoms. The molecule has 3 rings (SSSR count). The second-order valence-corrected chi connectivity index (χ2v) is 10.1. The van der Waals surface area contributed by atoms with Crippen LogP contribution in [0.3, 0.4) is 0 Å². The van der Waals surface area contributed by atoms with Crippen molar-refractivity contribution in [2.75, 3.05) is 17.1 Å². The van der Waals surface area contributed by atoms with Gasteiger partial charge in [0.25, 0.3) is 5.91 Å². The van der Waals surface area contributed by atoms with Gasteiger partial charge >= 0.3 is 0 Å². The van der Waals surface area contributed by atoms with Crippen LogP contribution in [0.25, 0.3) is 11.1 Å². The second kappa shape index (κ2) is 10.3. The molecule has 0 saturated carbocycles. The van der Waals surface area contributed by atoms with Gasteiger partial charge in [-0.05, 0) is 55.5 Å². The molecule has 0 unspecified atom stereocenters. The van der Waals surface area contributed by atoms with E-state index in [1.54, 1.807) is 18.2 Å². The van der Waals surface area contributed by atoms with Crippen LogP contribution in [0.2, 0.25) is 0 Å². The van der Waals surface area contributed by atoms with E-state index in [2.05, 4.69) is 4.98 Å². The van der Waals surface area contributed by atoms with Crippen LogP contribution in [0.15, 0.2) is 34.7 Å². The van der Waals surface area contributed by atoms with Gasteiger partial charge in [0, 0.05) is 19.4 Å². The topological polar surface area (TPSA) is 124 Å². The average molecular weight is 490 g/mol. The molecule has 0 aliphatic rings. The quantitative estimate of drug-likeness (QED) is 0.409. The van der Waals surface area contributed by atoms with E-state index in [4.69, 9.17) is 10.2 Å². The van der Waals surface area contributed by atoms with Crippen molar-refractivity contribution in [2.24, 2.45) is 5.73 Å². The predicted octanol–water partition coefficient (Wildman–Crippen LogP) is 3.74. The number of nitrogens with two attached hydrogens (primary N) is 1. The molecule has 0 aliphatic carbocycles. The summed E-state index contributed by atoms with van der Waals surface area (Å²) in [6.45, 7) is 3.51. The van der Waals surface area contributed by atoms with E-state index in [1.165, 1.54) is 23.4 Å². The average Bonchev–Trinajstić information content (AvgIpc) is 3.10. The lowest BCUT2D eigenvalue weighted by atomic mass is 10.0. The summed E-state index contributed by atoms with van der Waals surface area (Å²) in [5, 5.41) is 0.398. The molecule has 34 heavy (non-hydrogen) atoms. The number of hydrogen-bond acceptors (Lipinski definition) is 6. The molecule has 0 atom stereocenters. The van der Waals surface area contributed by atoms with Crippen LogP contribution in [0.1, 0.15) is 60.4 Å². The molecule has 0 radical (unpaired) electrons. The van der Waals surface area contributed by atoms with Crippen molar-refractivity contribution in [3.63, 3.8) is 0 Å². The number of carbonyl (C=O) groups is 2. The number of unbranched alkanes of at least 4 members (excludes halogenated alkanes) is 1. The zero-order chi connectivity index (χ0) is 25.0. The Labute approximate surface area is 198 Å². The lowest BCUT2D eigenvalue weighted by Gasteiger charge is -2.23. The molecule has 1 amide bonds. The Morgan fingerprint density at radius 2 is 1.85 bits per heavy atom. The minimum Gasteiger partial charge on any atom is -0.441 e. The molecular formula is C24H28FN3O5S. The number of sulfonamides is 1. The monoisotopic (exact) mass is 489 g/mol. The lowest BCUT2D eigenvalue weighted by Crippen LogP contribution is -2.32. The number of pyridine rings is 1. The van der Waals surface area contributed by atoms with Gasteiger partial charge in [-0.15, -0.1) is 0 Å². The summed E-state index contributed by atoms with van der Waals surface area (Å²) in [6, 6.07) is 7.46. The normalized spacial score (nSPS) is 11.6. The number of primary amides is 1. The number of furan rings is 1. The number of aryl methyl sites for hydroxylation is 1. The predicted molar refractivity (Wildman–Crippen MR) is 128 cm³/mol. The van der Waals surface area contributed by atoms with E-state index in [0.29, 0.717) is 42.2 Å². The Kier molecular flexibility index (Phi) is 7.71. The third kappa shape index (κ3) is 5.80. The van der Waals surface area contributed by atoms with Crippen molar-refractivity contribution in [2.45, 2.75) is 46.0 Å². The number of aromatic nitrogens is 1. The van der Waals surface area contributed by atoms with Gasteiger partial charge in [-0.25, -0.2) is 12.8 Å². The number of hydrogen-bond donors (Lipinski definition) is 1. The molecule has 2 heterocycles. The molecule has 10 heteroatoms. The highest BCUT2D eigenvalue weighted by molar-refractivity contribution is 7.92. The Hall–Kier alpha value is -3.27. The number of amides is 1. The summed E-state index contributed by atoms with van der Waals surface area (Å²) >= 11 is 0. The minimum absolute atomic E-state index is 0.0444. The van der Waals surface area contributed by atoms with Gasteiger partial charge in [-0.3, -0.25) is 9.10 Å². The van der Waals surface area contributed by atoms with Crippen molar-refractivity contribution in [1.82, 2.24) is 4.98 Å². The van der Waals surface area contributed by atoms with Crippen molar-refractivity contribution in [3.05, 3.63) is 58.6 Å². The Morgan fingerprint density at radius 1 is 1.18 bits per heavy atom. The summed E-state index contributed by atoms with van der Waals surface area (Å²) in [7, 11) is -3.68. The fourth-order valence-electron chi connectivity index (χ4n) is 3.82.